The van der Waals surface area contributed by atoms with Gasteiger partial charge >= 0.3 is 0 Å². The number of ether oxygens (including phenoxy) is 3. The van der Waals surface area contributed by atoms with Crippen LogP contribution in [-0.4, -0.2) is 12.2 Å². The van der Waals surface area contributed by atoms with E-state index in [1.807, 2.05) is 121 Å². The Morgan fingerprint density at radius 1 is 0.257 bits per heavy atom. The zero-order chi connectivity index (χ0) is 72.3. The number of benzene rings is 15. The molecule has 15 aromatic rings. The molecule has 0 saturated heterocycles. The second-order valence-corrected chi connectivity index (χ2v) is 33.6. The Bertz CT molecular complexity index is 4810. The lowest BCUT2D eigenvalue weighted by Crippen LogP contribution is -2.12. The Balaban J connectivity index is 0.000000116. The summed E-state index contributed by atoms with van der Waals surface area (Å²) in [6, 6.07) is 125. The van der Waals surface area contributed by atoms with Crippen molar-refractivity contribution in [1.82, 2.24) is 0 Å². The first-order valence-electron chi connectivity index (χ1n) is 33.7. The smallest absolute Gasteiger partial charge is 0.209 e. The molecule has 4 nitrogen and oxygen atoms in total. The molecule has 17 rings (SSSR count). The van der Waals surface area contributed by atoms with Gasteiger partial charge in [0.25, 0.3) is 0 Å². The van der Waals surface area contributed by atoms with Gasteiger partial charge in [-0.1, -0.05) is 139 Å². The molecule has 0 fully saturated rings. The minimum atomic E-state index is -0.539. The number of phenolic OH excluding ortho intramolecular Hbond substituents is 1. The largest absolute Gasteiger partial charge is 0.508 e. The molecule has 0 aromatic heterocycles. The number of halogens is 4. The number of hydrogen-bond donors (Lipinski definition) is 1. The SMILES string of the molecule is COc1ccc([S+](c2ccccc2)c2ccccc2)cc1.Cc1ccc([S+]2c3ccccc3Oc3ccccc32)cc1.Fc1ccc([S+](c2ccc(F)cc2)c2ccc(F)cc2)cc1.Fc1ccc([S+](c2ccccc2)c2ccccc2)cc1.Oc1ccc([S+]2c3ccccc3Oc3ccccc32)cc1. The van der Waals surface area contributed by atoms with Gasteiger partial charge in [-0.25, -0.2) is 17.6 Å². The predicted octanol–water partition coefficient (Wildman–Crippen LogP) is 24.7. The zero-order valence-electron chi connectivity index (χ0n) is 57.2. The molecule has 0 radical (unpaired) electrons. The molecule has 1 N–H and O–H groups in total. The van der Waals surface area contributed by atoms with Crippen LogP contribution in [0.15, 0.2) is 462 Å². The quantitative estimate of drug-likeness (QED) is 0.0978. The maximum atomic E-state index is 13.2. The van der Waals surface area contributed by atoms with Crippen LogP contribution in [0.2, 0.25) is 0 Å². The maximum Gasteiger partial charge on any atom is 0.209 e. The standard InChI is InChI=1S/C19H15OS.C19H17OS.C18H12F3S.C18H14FS.C18H12O2S/c1-14-10-12-15(13-11-14)21-18-8-4-2-6-16(18)20-17-7-3-5-9-19(17)21;1-20-16-12-14-19(15-13-16)21(17-8-4-2-5-9-17)18-10-6-3-7-11-18;19-13-1-7-16(8-2-13)22(17-9-3-14(20)4-10-17)18-11-5-15(21)6-12-18;19-15-11-13-18(14-12-15)20(16-7-3-1-4-8-16)17-9-5-2-6-10-17;19-13-9-11-14(12-10-13)21-17-7-3-1-5-15(17)20-16-6-2-4-8-18(16)21/h2-13H,1H3;2-15H,1H3;1-12H;1-14H;1-12H/q4*+1;/p+1. The minimum absolute atomic E-state index is 0.0804. The minimum Gasteiger partial charge on any atom is -0.508 e. The van der Waals surface area contributed by atoms with Crippen LogP contribution in [0.25, 0.3) is 0 Å². The fourth-order valence-corrected chi connectivity index (χ4v) is 22.1. The Kier molecular flexibility index (Phi) is 24.4. The van der Waals surface area contributed by atoms with E-state index >= 15 is 0 Å². The summed E-state index contributed by atoms with van der Waals surface area (Å²) in [4.78, 5) is 17.6. The fourth-order valence-electron chi connectivity index (χ4n) is 11.5. The molecule has 0 spiro atoms. The van der Waals surface area contributed by atoms with Crippen LogP contribution in [0.3, 0.4) is 0 Å². The van der Waals surface area contributed by atoms with Crippen LogP contribution >= 0.6 is 0 Å². The summed E-state index contributed by atoms with van der Waals surface area (Å²) in [6.07, 6.45) is 0. The summed E-state index contributed by atoms with van der Waals surface area (Å²) in [5.41, 5.74) is 1.29. The molecule has 105 heavy (non-hydrogen) atoms. The van der Waals surface area contributed by atoms with Crippen LogP contribution < -0.4 is 14.2 Å². The summed E-state index contributed by atoms with van der Waals surface area (Å²) in [6.45, 7) is 2.12. The number of rotatable bonds is 12. The lowest BCUT2D eigenvalue weighted by molar-refractivity contribution is 0.414. The zero-order valence-corrected chi connectivity index (χ0v) is 61.3. The van der Waals surface area contributed by atoms with E-state index in [0.717, 1.165) is 48.3 Å². The first-order chi connectivity index (χ1) is 51.5. The van der Waals surface area contributed by atoms with Crippen molar-refractivity contribution in [2.45, 2.75) is 80.4 Å². The number of phenols is 1. The molecule has 2 aliphatic rings. The number of para-hydroxylation sites is 4. The third-order valence-electron chi connectivity index (χ3n) is 16.5. The molecular weight excluding hydrogens is 1410 g/mol. The van der Waals surface area contributed by atoms with Gasteiger partial charge in [-0.05, 0) is 262 Å². The molecule has 2 heterocycles. The van der Waals surface area contributed by atoms with E-state index in [0.29, 0.717) is 0 Å². The highest BCUT2D eigenvalue weighted by atomic mass is 32.2. The normalized spacial score (nSPS) is 11.7. The van der Waals surface area contributed by atoms with Crippen molar-refractivity contribution in [1.29, 1.82) is 0 Å². The van der Waals surface area contributed by atoms with Crippen molar-refractivity contribution < 1.29 is 36.9 Å². The highest BCUT2D eigenvalue weighted by molar-refractivity contribution is 7.98. The number of aryl methyl sites for hydroxylation is 1. The maximum absolute atomic E-state index is 13.2. The van der Waals surface area contributed by atoms with Crippen molar-refractivity contribution in [2.75, 3.05) is 7.11 Å². The van der Waals surface area contributed by atoms with Crippen LogP contribution in [0.4, 0.5) is 17.6 Å². The molecule has 13 heteroatoms. The van der Waals surface area contributed by atoms with E-state index in [9.17, 15) is 22.7 Å². The summed E-state index contributed by atoms with van der Waals surface area (Å²) in [7, 11) is 0.595. The average Bonchev–Trinajstić information content (AvgIpc) is 0.775. The van der Waals surface area contributed by atoms with Gasteiger partial charge in [0.1, 0.15) is 56.6 Å². The van der Waals surface area contributed by atoms with Crippen LogP contribution in [0, 0.1) is 30.2 Å². The van der Waals surface area contributed by atoms with Gasteiger partial charge in [0, 0.05) is 0 Å². The highest BCUT2D eigenvalue weighted by Gasteiger charge is 2.41. The average molecular weight is 1480 g/mol. The van der Waals surface area contributed by atoms with Crippen molar-refractivity contribution in [3.63, 3.8) is 0 Å². The molecule has 0 amide bonds. The van der Waals surface area contributed by atoms with E-state index in [1.54, 1.807) is 55.6 Å². The topological polar surface area (TPSA) is 47.9 Å². The van der Waals surface area contributed by atoms with Crippen LogP contribution in [-0.2, 0) is 54.5 Å². The van der Waals surface area contributed by atoms with Crippen molar-refractivity contribution in [2.24, 2.45) is 0 Å². The molecule has 0 unspecified atom stereocenters. The summed E-state index contributed by atoms with van der Waals surface area (Å²) < 4.78 is 70.0. The lowest BCUT2D eigenvalue weighted by Gasteiger charge is -2.19. The monoisotopic (exact) mass is 1480 g/mol. The number of methoxy groups -OCH3 is 1. The highest BCUT2D eigenvalue weighted by Crippen LogP contribution is 2.49. The number of aromatic hydroxyl groups is 1. The molecule has 2 aliphatic heterocycles. The molecule has 15 aromatic carbocycles. The van der Waals surface area contributed by atoms with Gasteiger partial charge in [0.15, 0.2) is 76.8 Å². The first kappa shape index (κ1) is 72.3. The van der Waals surface area contributed by atoms with Gasteiger partial charge < -0.3 is 19.3 Å². The third kappa shape index (κ3) is 18.3. The Labute approximate surface area is 625 Å². The van der Waals surface area contributed by atoms with E-state index in [4.69, 9.17) is 14.2 Å². The van der Waals surface area contributed by atoms with Crippen molar-refractivity contribution in [3.05, 3.63) is 417 Å². The van der Waals surface area contributed by atoms with Crippen LogP contribution in [0.1, 0.15) is 5.56 Å². The van der Waals surface area contributed by atoms with Gasteiger partial charge in [0.05, 0.1) is 39.8 Å². The Morgan fingerprint density at radius 3 is 0.733 bits per heavy atom. The predicted molar refractivity (Wildman–Crippen MR) is 420 cm³/mol. The lowest BCUT2D eigenvalue weighted by atomic mass is 10.2. The van der Waals surface area contributed by atoms with E-state index < -0.39 is 10.9 Å². The number of hydrogen-bond acceptors (Lipinski definition) is 4. The second kappa shape index (κ2) is 35.4. The van der Waals surface area contributed by atoms with Gasteiger partial charge in [-0.15, -0.1) is 0 Å². The van der Waals surface area contributed by atoms with Crippen molar-refractivity contribution >= 4 is 54.5 Å². The molecule has 0 saturated carbocycles. The Morgan fingerprint density at radius 2 is 0.476 bits per heavy atom. The number of fused-ring (bicyclic) bond motifs is 4. The molecule has 0 bridgehead atoms. The molecule has 516 valence electrons. The van der Waals surface area contributed by atoms with Crippen LogP contribution in [0.5, 0.6) is 34.5 Å². The van der Waals surface area contributed by atoms with Crippen molar-refractivity contribution in [3.8, 4) is 34.5 Å². The summed E-state index contributed by atoms with van der Waals surface area (Å²) in [5.74, 6) is 3.81. The van der Waals surface area contributed by atoms with Gasteiger partial charge in [0.2, 0.25) is 19.6 Å². The van der Waals surface area contributed by atoms with Gasteiger partial charge in [-0.2, -0.15) is 0 Å². The fraction of sp³-hybridized carbons (Fsp3) is 0.0217. The summed E-state index contributed by atoms with van der Waals surface area (Å²) >= 11 is 0. The second-order valence-electron chi connectivity index (χ2n) is 23.6. The van der Waals surface area contributed by atoms with E-state index in [1.165, 1.54) is 108 Å². The summed E-state index contributed by atoms with van der Waals surface area (Å²) in [5, 5.41) is 9.52. The van der Waals surface area contributed by atoms with E-state index in [2.05, 4.69) is 177 Å². The molecule has 0 atom stereocenters. The first-order valence-corrected chi connectivity index (χ1v) is 39.8. The van der Waals surface area contributed by atoms with E-state index in [-0.39, 0.29) is 72.6 Å². The molecule has 0 aliphatic carbocycles. The Hall–Kier alpha value is -11.0. The molecular formula is C92H71F4O4S5+5. The third-order valence-corrected chi connectivity index (χ3v) is 27.7. The van der Waals surface area contributed by atoms with Gasteiger partial charge in [-0.3, -0.25) is 0 Å².